The van der Waals surface area contributed by atoms with E-state index in [1.165, 1.54) is 24.6 Å². The van der Waals surface area contributed by atoms with Crippen LogP contribution in [-0.2, 0) is 4.79 Å². The Bertz CT molecular complexity index is 548. The zero-order chi connectivity index (χ0) is 14.5. The van der Waals surface area contributed by atoms with Crippen LogP contribution in [0.1, 0.15) is 24.8 Å². The van der Waals surface area contributed by atoms with Gasteiger partial charge in [0.05, 0.1) is 11.5 Å². The van der Waals surface area contributed by atoms with Crippen molar-refractivity contribution in [2.75, 3.05) is 6.61 Å². The van der Waals surface area contributed by atoms with Crippen LogP contribution in [0.2, 0.25) is 0 Å². The molecule has 20 heavy (non-hydrogen) atoms. The Balaban J connectivity index is 2.14. The molecule has 1 aliphatic rings. The molecule has 6 heteroatoms. The molecule has 0 heterocycles. The second-order valence-corrected chi connectivity index (χ2v) is 4.76. The molecule has 0 aliphatic heterocycles. The number of rotatable bonds is 6. The second-order valence-electron chi connectivity index (χ2n) is 4.76. The van der Waals surface area contributed by atoms with Gasteiger partial charge in [-0.15, -0.1) is 0 Å². The largest absolute Gasteiger partial charge is 0.487 e. The Morgan fingerprint density at radius 3 is 2.80 bits per heavy atom. The molecular formula is C14H15NO5. The lowest BCUT2D eigenvalue weighted by Crippen LogP contribution is -2.19. The molecule has 0 bridgehead atoms. The molecule has 0 amide bonds. The molecule has 6 nitrogen and oxygen atoms in total. The summed E-state index contributed by atoms with van der Waals surface area (Å²) in [6.07, 6.45) is 5.65. The first-order chi connectivity index (χ1) is 9.56. The standard InChI is InChI=1S/C14H15NO5/c16-14(17)7-5-10-4-6-13(12(8-10)15(18)19)20-9-11-2-1-3-11/h4-8,11H,1-3,9H2,(H,16,17). The van der Waals surface area contributed by atoms with Gasteiger partial charge in [-0.1, -0.05) is 12.5 Å². The predicted octanol–water partition coefficient (Wildman–Crippen LogP) is 2.87. The molecule has 1 aliphatic carbocycles. The first-order valence-corrected chi connectivity index (χ1v) is 6.38. The van der Waals surface area contributed by atoms with Crippen LogP contribution in [0.4, 0.5) is 5.69 Å². The number of nitro groups is 1. The topological polar surface area (TPSA) is 89.7 Å². The number of carboxylic acid groups (broad SMARTS) is 1. The van der Waals surface area contributed by atoms with Crippen LogP contribution in [0.15, 0.2) is 24.3 Å². The smallest absolute Gasteiger partial charge is 0.328 e. The maximum absolute atomic E-state index is 11.0. The molecule has 1 aromatic rings. The van der Waals surface area contributed by atoms with E-state index in [9.17, 15) is 14.9 Å². The van der Waals surface area contributed by atoms with Gasteiger partial charge in [-0.25, -0.2) is 4.79 Å². The molecule has 1 aromatic carbocycles. The van der Waals surface area contributed by atoms with Crippen molar-refractivity contribution in [3.05, 3.63) is 40.0 Å². The Hall–Kier alpha value is -2.37. The third kappa shape index (κ3) is 3.57. The van der Waals surface area contributed by atoms with Crippen molar-refractivity contribution in [1.29, 1.82) is 0 Å². The molecule has 1 saturated carbocycles. The lowest BCUT2D eigenvalue weighted by atomic mass is 9.86. The van der Waals surface area contributed by atoms with E-state index < -0.39 is 10.9 Å². The van der Waals surface area contributed by atoms with Gasteiger partial charge in [-0.2, -0.15) is 0 Å². The summed E-state index contributed by atoms with van der Waals surface area (Å²) in [4.78, 5) is 20.9. The summed E-state index contributed by atoms with van der Waals surface area (Å²) in [7, 11) is 0. The number of nitrogens with zero attached hydrogens (tertiary/aromatic N) is 1. The Kier molecular flexibility index (Phi) is 4.34. The predicted molar refractivity (Wildman–Crippen MR) is 72.6 cm³/mol. The van der Waals surface area contributed by atoms with E-state index in [0.29, 0.717) is 18.1 Å². The van der Waals surface area contributed by atoms with Crippen LogP contribution in [0.3, 0.4) is 0 Å². The van der Waals surface area contributed by atoms with Gasteiger partial charge in [0.2, 0.25) is 0 Å². The monoisotopic (exact) mass is 277 g/mol. The minimum atomic E-state index is -1.10. The highest BCUT2D eigenvalue weighted by Gasteiger charge is 2.21. The van der Waals surface area contributed by atoms with Gasteiger partial charge in [-0.3, -0.25) is 10.1 Å². The molecule has 1 N–H and O–H groups in total. The number of carboxylic acids is 1. The van der Waals surface area contributed by atoms with E-state index in [4.69, 9.17) is 9.84 Å². The average molecular weight is 277 g/mol. The number of benzene rings is 1. The normalized spacial score (nSPS) is 15.0. The quantitative estimate of drug-likeness (QED) is 0.490. The molecule has 2 rings (SSSR count). The summed E-state index contributed by atoms with van der Waals surface area (Å²) in [5, 5.41) is 19.6. The van der Waals surface area contributed by atoms with Gasteiger partial charge in [-0.05, 0) is 36.5 Å². The zero-order valence-corrected chi connectivity index (χ0v) is 10.8. The van der Waals surface area contributed by atoms with Crippen molar-refractivity contribution < 1.29 is 19.6 Å². The molecule has 0 radical (unpaired) electrons. The minimum absolute atomic E-state index is 0.142. The van der Waals surface area contributed by atoms with Crippen LogP contribution in [0.25, 0.3) is 6.08 Å². The lowest BCUT2D eigenvalue weighted by molar-refractivity contribution is -0.385. The first-order valence-electron chi connectivity index (χ1n) is 6.38. The maximum Gasteiger partial charge on any atom is 0.328 e. The van der Waals surface area contributed by atoms with Crippen molar-refractivity contribution in [1.82, 2.24) is 0 Å². The Morgan fingerprint density at radius 1 is 1.50 bits per heavy atom. The number of nitro benzene ring substituents is 1. The van der Waals surface area contributed by atoms with E-state index >= 15 is 0 Å². The van der Waals surface area contributed by atoms with Crippen molar-refractivity contribution >= 4 is 17.7 Å². The van der Waals surface area contributed by atoms with Gasteiger partial charge in [0, 0.05) is 12.1 Å². The lowest BCUT2D eigenvalue weighted by Gasteiger charge is -2.24. The highest BCUT2D eigenvalue weighted by molar-refractivity contribution is 5.85. The summed E-state index contributed by atoms with van der Waals surface area (Å²) in [6.45, 7) is 0.491. The molecule has 106 valence electrons. The van der Waals surface area contributed by atoms with E-state index in [-0.39, 0.29) is 11.4 Å². The Morgan fingerprint density at radius 2 is 2.25 bits per heavy atom. The van der Waals surface area contributed by atoms with Crippen LogP contribution < -0.4 is 4.74 Å². The van der Waals surface area contributed by atoms with Crippen molar-refractivity contribution in [3.63, 3.8) is 0 Å². The molecule has 0 atom stereocenters. The van der Waals surface area contributed by atoms with Crippen LogP contribution in [-0.4, -0.2) is 22.6 Å². The fraction of sp³-hybridized carbons (Fsp3) is 0.357. The van der Waals surface area contributed by atoms with Gasteiger partial charge in [0.15, 0.2) is 5.75 Å². The molecule has 1 fully saturated rings. The number of hydrogen-bond acceptors (Lipinski definition) is 4. The third-order valence-corrected chi connectivity index (χ3v) is 3.30. The summed E-state index contributed by atoms with van der Waals surface area (Å²) in [6, 6.07) is 4.43. The summed E-state index contributed by atoms with van der Waals surface area (Å²) >= 11 is 0. The van der Waals surface area contributed by atoms with Gasteiger partial charge >= 0.3 is 11.7 Å². The molecule has 0 unspecified atom stereocenters. The molecule has 0 aromatic heterocycles. The van der Waals surface area contributed by atoms with E-state index in [2.05, 4.69) is 0 Å². The van der Waals surface area contributed by atoms with Crippen LogP contribution in [0.5, 0.6) is 5.75 Å². The highest BCUT2D eigenvalue weighted by Crippen LogP contribution is 2.31. The minimum Gasteiger partial charge on any atom is -0.487 e. The summed E-state index contributed by atoms with van der Waals surface area (Å²) < 4.78 is 5.50. The van der Waals surface area contributed by atoms with Crippen molar-refractivity contribution in [2.24, 2.45) is 5.92 Å². The zero-order valence-electron chi connectivity index (χ0n) is 10.8. The van der Waals surface area contributed by atoms with E-state index in [1.54, 1.807) is 6.07 Å². The number of ether oxygens (including phenoxy) is 1. The average Bonchev–Trinajstić information content (AvgIpc) is 2.35. The van der Waals surface area contributed by atoms with Crippen molar-refractivity contribution in [2.45, 2.75) is 19.3 Å². The van der Waals surface area contributed by atoms with E-state index in [1.807, 2.05) is 0 Å². The SMILES string of the molecule is O=C(O)C=Cc1ccc(OCC2CCC2)c([N+](=O)[O-])c1. The third-order valence-electron chi connectivity index (χ3n) is 3.30. The Labute approximate surface area is 115 Å². The van der Waals surface area contributed by atoms with E-state index in [0.717, 1.165) is 18.9 Å². The fourth-order valence-electron chi connectivity index (χ4n) is 1.94. The maximum atomic E-state index is 11.0. The van der Waals surface area contributed by atoms with Crippen molar-refractivity contribution in [3.8, 4) is 5.75 Å². The number of hydrogen-bond donors (Lipinski definition) is 1. The van der Waals surface area contributed by atoms with Gasteiger partial charge < -0.3 is 9.84 Å². The number of aliphatic carboxylic acids is 1. The first kappa shape index (κ1) is 14.0. The molecule has 0 saturated heterocycles. The van der Waals surface area contributed by atoms with Gasteiger partial charge in [0.1, 0.15) is 0 Å². The fourth-order valence-corrected chi connectivity index (χ4v) is 1.94. The van der Waals surface area contributed by atoms with Crippen LogP contribution in [0, 0.1) is 16.0 Å². The van der Waals surface area contributed by atoms with Gasteiger partial charge in [0.25, 0.3) is 0 Å². The second kappa shape index (κ2) is 6.18. The summed E-state index contributed by atoms with van der Waals surface area (Å²) in [5.41, 5.74) is 0.312. The highest BCUT2D eigenvalue weighted by atomic mass is 16.6. The molecule has 0 spiro atoms. The van der Waals surface area contributed by atoms with Crippen LogP contribution >= 0.6 is 0 Å². The number of carbonyl (C=O) groups is 1. The molecular weight excluding hydrogens is 262 g/mol. The summed E-state index contributed by atoms with van der Waals surface area (Å²) in [5.74, 6) is -0.381.